The Labute approximate surface area is 101 Å². The minimum atomic E-state index is -1.02. The van der Waals surface area contributed by atoms with Crippen molar-refractivity contribution >= 4 is 11.8 Å². The molecule has 5 heteroatoms. The summed E-state index contributed by atoms with van der Waals surface area (Å²) in [7, 11) is 0. The van der Waals surface area contributed by atoms with E-state index in [1.54, 1.807) is 12.1 Å². The summed E-state index contributed by atoms with van der Waals surface area (Å²) in [5.74, 6) is -0.427. The van der Waals surface area contributed by atoms with E-state index in [0.29, 0.717) is 5.82 Å². The van der Waals surface area contributed by atoms with Crippen molar-refractivity contribution in [3.8, 4) is 0 Å². The number of nitrogens with zero attached hydrogens (tertiary/aromatic N) is 1. The van der Waals surface area contributed by atoms with E-state index in [4.69, 9.17) is 10.2 Å². The minimum absolute atomic E-state index is 0.0512. The second-order valence-electron chi connectivity index (χ2n) is 3.78. The average molecular weight is 238 g/mol. The Kier molecular flexibility index (Phi) is 6.03. The van der Waals surface area contributed by atoms with E-state index >= 15 is 0 Å². The van der Waals surface area contributed by atoms with Crippen molar-refractivity contribution in [1.82, 2.24) is 4.98 Å². The normalized spacial score (nSPS) is 10.2. The van der Waals surface area contributed by atoms with Gasteiger partial charge in [0.25, 0.3) is 0 Å². The Balaban J connectivity index is 2.27. The van der Waals surface area contributed by atoms with Crippen LogP contribution in [0.25, 0.3) is 0 Å². The highest BCUT2D eigenvalue weighted by molar-refractivity contribution is 5.85. The molecule has 0 aliphatic carbocycles. The third kappa shape index (κ3) is 5.31. The second-order valence-corrected chi connectivity index (χ2v) is 3.78. The smallest absolute Gasteiger partial charge is 0.354 e. The number of anilines is 1. The van der Waals surface area contributed by atoms with Crippen LogP contribution in [0.4, 0.5) is 5.82 Å². The Morgan fingerprint density at radius 2 is 2.00 bits per heavy atom. The van der Waals surface area contributed by atoms with Crippen molar-refractivity contribution in [3.63, 3.8) is 0 Å². The standard InChI is InChI=1S/C12H18N2O3/c15-9-4-2-1-3-8-13-11-7-5-6-10(14-11)12(16)17/h5-7,15H,1-4,8-9H2,(H,13,14)(H,16,17). The second kappa shape index (κ2) is 7.62. The fraction of sp³-hybridized carbons (Fsp3) is 0.500. The Hall–Kier alpha value is -1.62. The van der Waals surface area contributed by atoms with Gasteiger partial charge in [-0.1, -0.05) is 18.9 Å². The molecule has 17 heavy (non-hydrogen) atoms. The topological polar surface area (TPSA) is 82.5 Å². The van der Waals surface area contributed by atoms with Gasteiger partial charge in [-0.25, -0.2) is 9.78 Å². The molecule has 5 nitrogen and oxygen atoms in total. The van der Waals surface area contributed by atoms with E-state index in [0.717, 1.165) is 32.2 Å². The molecule has 0 spiro atoms. The van der Waals surface area contributed by atoms with Crippen molar-refractivity contribution in [1.29, 1.82) is 0 Å². The zero-order valence-corrected chi connectivity index (χ0v) is 9.72. The predicted octanol–water partition coefficient (Wildman–Crippen LogP) is 1.74. The first kappa shape index (κ1) is 13.4. The molecule has 0 bridgehead atoms. The van der Waals surface area contributed by atoms with Crippen LogP contribution >= 0.6 is 0 Å². The summed E-state index contributed by atoms with van der Waals surface area (Å²) < 4.78 is 0. The van der Waals surface area contributed by atoms with E-state index in [1.807, 2.05) is 0 Å². The maximum Gasteiger partial charge on any atom is 0.354 e. The number of carboxylic acids is 1. The van der Waals surface area contributed by atoms with Crippen LogP contribution in [0, 0.1) is 0 Å². The number of carbonyl (C=O) groups is 1. The molecule has 0 saturated carbocycles. The molecule has 3 N–H and O–H groups in total. The molecule has 1 aromatic heterocycles. The Bertz CT molecular complexity index is 355. The van der Waals surface area contributed by atoms with Crippen LogP contribution in [0.5, 0.6) is 0 Å². The number of nitrogens with one attached hydrogen (secondary N) is 1. The molecule has 0 saturated heterocycles. The van der Waals surface area contributed by atoms with Gasteiger partial charge >= 0.3 is 5.97 Å². The first-order valence-electron chi connectivity index (χ1n) is 5.79. The number of pyridine rings is 1. The lowest BCUT2D eigenvalue weighted by molar-refractivity contribution is 0.0690. The summed E-state index contributed by atoms with van der Waals surface area (Å²) in [6.45, 7) is 1.01. The molecule has 1 heterocycles. The number of aliphatic hydroxyl groups excluding tert-OH is 1. The summed E-state index contributed by atoms with van der Waals surface area (Å²) in [4.78, 5) is 14.6. The van der Waals surface area contributed by atoms with Gasteiger partial charge < -0.3 is 15.5 Å². The molecule has 0 fully saturated rings. The molecule has 0 amide bonds. The third-order valence-electron chi connectivity index (χ3n) is 2.36. The highest BCUT2D eigenvalue weighted by Crippen LogP contribution is 2.06. The number of rotatable bonds is 8. The van der Waals surface area contributed by atoms with Crippen molar-refractivity contribution < 1.29 is 15.0 Å². The molecule has 1 rings (SSSR count). The van der Waals surface area contributed by atoms with Crippen LogP contribution in [0.3, 0.4) is 0 Å². The largest absolute Gasteiger partial charge is 0.477 e. The maximum absolute atomic E-state index is 10.7. The van der Waals surface area contributed by atoms with Crippen LogP contribution < -0.4 is 5.32 Å². The van der Waals surface area contributed by atoms with Gasteiger partial charge in [-0.05, 0) is 25.0 Å². The lowest BCUT2D eigenvalue weighted by Crippen LogP contribution is -2.06. The van der Waals surface area contributed by atoms with E-state index in [2.05, 4.69) is 10.3 Å². The lowest BCUT2D eigenvalue weighted by Gasteiger charge is -2.05. The van der Waals surface area contributed by atoms with Gasteiger partial charge in [0.05, 0.1) is 0 Å². The minimum Gasteiger partial charge on any atom is -0.477 e. The summed E-state index contributed by atoms with van der Waals surface area (Å²) in [5.41, 5.74) is 0.0512. The summed E-state index contributed by atoms with van der Waals surface area (Å²) >= 11 is 0. The van der Waals surface area contributed by atoms with E-state index in [9.17, 15) is 4.79 Å². The van der Waals surface area contributed by atoms with Gasteiger partial charge in [0.15, 0.2) is 5.69 Å². The lowest BCUT2D eigenvalue weighted by atomic mass is 10.2. The van der Waals surface area contributed by atoms with Crippen LogP contribution in [-0.2, 0) is 0 Å². The number of carboxylic acid groups (broad SMARTS) is 1. The summed E-state index contributed by atoms with van der Waals surface area (Å²) in [6.07, 6.45) is 3.89. The quantitative estimate of drug-likeness (QED) is 0.601. The number of hydrogen-bond acceptors (Lipinski definition) is 4. The molecular formula is C12H18N2O3. The maximum atomic E-state index is 10.7. The molecule has 0 atom stereocenters. The van der Waals surface area contributed by atoms with Gasteiger partial charge in [-0.3, -0.25) is 0 Å². The molecular weight excluding hydrogens is 220 g/mol. The van der Waals surface area contributed by atoms with Crippen molar-refractivity contribution in [2.24, 2.45) is 0 Å². The van der Waals surface area contributed by atoms with Gasteiger partial charge in [0.1, 0.15) is 5.82 Å². The highest BCUT2D eigenvalue weighted by atomic mass is 16.4. The summed E-state index contributed by atoms with van der Waals surface area (Å²) in [5, 5.41) is 20.4. The fourth-order valence-electron chi connectivity index (χ4n) is 1.46. The molecule has 0 radical (unpaired) electrons. The van der Waals surface area contributed by atoms with Crippen LogP contribution in [0.2, 0.25) is 0 Å². The van der Waals surface area contributed by atoms with E-state index < -0.39 is 5.97 Å². The molecule has 0 aliphatic rings. The molecule has 0 aromatic carbocycles. The number of aliphatic hydroxyl groups is 1. The molecule has 0 aliphatic heterocycles. The van der Waals surface area contributed by atoms with Crippen molar-refractivity contribution in [2.45, 2.75) is 25.7 Å². The van der Waals surface area contributed by atoms with Gasteiger partial charge in [-0.2, -0.15) is 0 Å². The zero-order chi connectivity index (χ0) is 12.5. The third-order valence-corrected chi connectivity index (χ3v) is 2.36. The molecule has 94 valence electrons. The molecule has 0 unspecified atom stereocenters. The van der Waals surface area contributed by atoms with Crippen molar-refractivity contribution in [2.75, 3.05) is 18.5 Å². The predicted molar refractivity (Wildman–Crippen MR) is 65.2 cm³/mol. The average Bonchev–Trinajstić information content (AvgIpc) is 2.34. The molecule has 1 aromatic rings. The van der Waals surface area contributed by atoms with Crippen LogP contribution in [-0.4, -0.2) is 34.3 Å². The highest BCUT2D eigenvalue weighted by Gasteiger charge is 2.04. The number of aromatic carboxylic acids is 1. The first-order valence-corrected chi connectivity index (χ1v) is 5.79. The number of hydrogen-bond donors (Lipinski definition) is 3. The van der Waals surface area contributed by atoms with Gasteiger partial charge in [-0.15, -0.1) is 0 Å². The van der Waals surface area contributed by atoms with E-state index in [-0.39, 0.29) is 12.3 Å². The van der Waals surface area contributed by atoms with Crippen LogP contribution in [0.1, 0.15) is 36.2 Å². The fourth-order valence-corrected chi connectivity index (χ4v) is 1.46. The van der Waals surface area contributed by atoms with Crippen LogP contribution in [0.15, 0.2) is 18.2 Å². The van der Waals surface area contributed by atoms with E-state index in [1.165, 1.54) is 6.07 Å². The van der Waals surface area contributed by atoms with Crippen molar-refractivity contribution in [3.05, 3.63) is 23.9 Å². The Morgan fingerprint density at radius 3 is 2.71 bits per heavy atom. The zero-order valence-electron chi connectivity index (χ0n) is 9.72. The van der Waals surface area contributed by atoms with Gasteiger partial charge in [0.2, 0.25) is 0 Å². The number of unbranched alkanes of at least 4 members (excludes halogenated alkanes) is 3. The SMILES string of the molecule is O=C(O)c1cccc(NCCCCCCO)n1. The Morgan fingerprint density at radius 1 is 1.24 bits per heavy atom. The van der Waals surface area contributed by atoms with Gasteiger partial charge in [0, 0.05) is 13.2 Å². The monoisotopic (exact) mass is 238 g/mol. The number of aromatic nitrogens is 1. The summed E-state index contributed by atoms with van der Waals surface area (Å²) in [6, 6.07) is 4.89. The first-order chi connectivity index (χ1) is 8.24.